The summed E-state index contributed by atoms with van der Waals surface area (Å²) in [6.45, 7) is 1.60. The second-order valence-electron chi connectivity index (χ2n) is 6.44. The highest BCUT2D eigenvalue weighted by Gasteiger charge is 2.30. The molecule has 0 radical (unpaired) electrons. The first-order chi connectivity index (χ1) is 14.7. The molecule has 1 amide bonds. The van der Waals surface area contributed by atoms with Gasteiger partial charge in [0.05, 0.1) is 23.0 Å². The average Bonchev–Trinajstić information content (AvgIpc) is 3.33. The third-order valence-electron chi connectivity index (χ3n) is 4.38. The summed E-state index contributed by atoms with van der Waals surface area (Å²) in [6.07, 6.45) is -2.50. The molecule has 158 valence electrons. The zero-order valence-corrected chi connectivity index (χ0v) is 15.8. The molecule has 0 saturated heterocycles. The van der Waals surface area contributed by atoms with Crippen molar-refractivity contribution in [2.45, 2.75) is 13.1 Å². The summed E-state index contributed by atoms with van der Waals surface area (Å²) in [5.41, 5.74) is 0.659. The third-order valence-corrected chi connectivity index (χ3v) is 4.38. The number of nitrogens with one attached hydrogen (secondary N) is 2. The SMILES string of the molecule is Cc1c(C(=O)Nc2cccc(-c3noc(=O)[nH]3)c2)cnn1-c1ccc(C(F)(F)F)cn1. The maximum atomic E-state index is 12.7. The van der Waals surface area contributed by atoms with Crippen molar-refractivity contribution in [1.29, 1.82) is 0 Å². The minimum atomic E-state index is -4.50. The number of nitrogens with zero attached hydrogens (tertiary/aromatic N) is 4. The van der Waals surface area contributed by atoms with E-state index in [1.165, 1.54) is 16.9 Å². The maximum absolute atomic E-state index is 12.7. The number of aromatic amines is 1. The molecule has 3 heterocycles. The van der Waals surface area contributed by atoms with Crippen LogP contribution in [0.5, 0.6) is 0 Å². The Kier molecular flexibility index (Phi) is 4.89. The van der Waals surface area contributed by atoms with Gasteiger partial charge in [-0.05, 0) is 31.2 Å². The van der Waals surface area contributed by atoms with Crippen LogP contribution in [0.15, 0.2) is 58.1 Å². The summed E-state index contributed by atoms with van der Waals surface area (Å²) < 4.78 is 43.9. The number of aromatic nitrogens is 5. The van der Waals surface area contributed by atoms with Gasteiger partial charge in [-0.25, -0.2) is 14.5 Å². The van der Waals surface area contributed by atoms with Crippen molar-refractivity contribution in [3.63, 3.8) is 0 Å². The fraction of sp³-hybridized carbons (Fsp3) is 0.105. The summed E-state index contributed by atoms with van der Waals surface area (Å²) in [4.78, 5) is 30.0. The molecule has 31 heavy (non-hydrogen) atoms. The largest absolute Gasteiger partial charge is 0.439 e. The second kappa shape index (κ2) is 7.55. The summed E-state index contributed by atoms with van der Waals surface area (Å²) >= 11 is 0. The lowest BCUT2D eigenvalue weighted by Gasteiger charge is -2.09. The van der Waals surface area contributed by atoms with Crippen molar-refractivity contribution < 1.29 is 22.5 Å². The Morgan fingerprint density at radius 3 is 2.65 bits per heavy atom. The summed E-state index contributed by atoms with van der Waals surface area (Å²) in [5, 5.41) is 10.3. The lowest BCUT2D eigenvalue weighted by atomic mass is 10.1. The monoisotopic (exact) mass is 430 g/mol. The Bertz CT molecular complexity index is 1300. The molecule has 0 aliphatic carbocycles. The fourth-order valence-corrected chi connectivity index (χ4v) is 2.84. The molecule has 4 rings (SSSR count). The van der Waals surface area contributed by atoms with Crippen molar-refractivity contribution in [1.82, 2.24) is 24.9 Å². The fourth-order valence-electron chi connectivity index (χ4n) is 2.84. The maximum Gasteiger partial charge on any atom is 0.439 e. The van der Waals surface area contributed by atoms with Gasteiger partial charge in [0.2, 0.25) is 0 Å². The van der Waals surface area contributed by atoms with Gasteiger partial charge >= 0.3 is 11.9 Å². The minimum absolute atomic E-state index is 0.140. The Labute approximate surface area is 171 Å². The Hall–Kier alpha value is -4.22. The number of rotatable bonds is 4. The number of hydrogen-bond donors (Lipinski definition) is 2. The quantitative estimate of drug-likeness (QED) is 0.513. The molecular formula is C19H13F3N6O3. The van der Waals surface area contributed by atoms with E-state index in [-0.39, 0.29) is 17.2 Å². The van der Waals surface area contributed by atoms with E-state index in [2.05, 4.69) is 30.1 Å². The first kappa shape index (κ1) is 20.1. The van der Waals surface area contributed by atoms with Crippen molar-refractivity contribution >= 4 is 11.6 Å². The van der Waals surface area contributed by atoms with Crippen LogP contribution in [0, 0.1) is 6.92 Å². The van der Waals surface area contributed by atoms with Gasteiger partial charge in [-0.2, -0.15) is 18.3 Å². The lowest BCUT2D eigenvalue weighted by Crippen LogP contribution is -2.13. The zero-order chi connectivity index (χ0) is 22.2. The number of alkyl halides is 3. The highest BCUT2D eigenvalue weighted by atomic mass is 19.4. The van der Waals surface area contributed by atoms with E-state index in [1.54, 1.807) is 31.2 Å². The van der Waals surface area contributed by atoms with Gasteiger partial charge in [0.15, 0.2) is 11.6 Å². The number of anilines is 1. The molecule has 0 atom stereocenters. The standard InChI is InChI=1S/C19H13F3N6O3/c1-10-14(9-24-28(10)15-6-5-12(8-23-15)19(20,21)22)17(29)25-13-4-2-3-11(7-13)16-26-18(30)31-27-16/h2-9H,1H3,(H,25,29)(H,26,27,30). The van der Waals surface area contributed by atoms with Crippen LogP contribution in [0.1, 0.15) is 21.6 Å². The highest BCUT2D eigenvalue weighted by Crippen LogP contribution is 2.29. The Morgan fingerprint density at radius 1 is 1.19 bits per heavy atom. The minimum Gasteiger partial charge on any atom is -0.322 e. The molecule has 0 aliphatic heterocycles. The molecule has 0 unspecified atom stereocenters. The zero-order valence-electron chi connectivity index (χ0n) is 15.8. The van der Waals surface area contributed by atoms with Crippen LogP contribution in [0.4, 0.5) is 18.9 Å². The van der Waals surface area contributed by atoms with Crippen LogP contribution in [0.2, 0.25) is 0 Å². The van der Waals surface area contributed by atoms with E-state index in [1.807, 2.05) is 0 Å². The molecule has 9 nitrogen and oxygen atoms in total. The first-order valence-electron chi connectivity index (χ1n) is 8.78. The number of halogens is 3. The number of carbonyl (C=O) groups excluding carboxylic acids is 1. The molecule has 0 saturated carbocycles. The molecule has 1 aromatic carbocycles. The molecule has 2 N–H and O–H groups in total. The summed E-state index contributed by atoms with van der Waals surface area (Å²) in [5.74, 6) is -0.842. The van der Waals surface area contributed by atoms with E-state index in [0.29, 0.717) is 23.1 Å². The molecule has 12 heteroatoms. The van der Waals surface area contributed by atoms with Gasteiger partial charge in [-0.1, -0.05) is 17.3 Å². The highest BCUT2D eigenvalue weighted by molar-refractivity contribution is 6.05. The molecule has 0 fully saturated rings. The number of pyridine rings is 1. The average molecular weight is 430 g/mol. The third kappa shape index (κ3) is 4.08. The van der Waals surface area contributed by atoms with Gasteiger partial charge in [0.25, 0.3) is 5.91 Å². The number of H-pyrrole nitrogens is 1. The van der Waals surface area contributed by atoms with E-state index < -0.39 is 23.4 Å². The number of benzene rings is 1. The van der Waals surface area contributed by atoms with Gasteiger partial charge in [0.1, 0.15) is 0 Å². The van der Waals surface area contributed by atoms with Gasteiger partial charge in [-0.15, -0.1) is 0 Å². The van der Waals surface area contributed by atoms with Crippen LogP contribution in [-0.2, 0) is 6.18 Å². The van der Waals surface area contributed by atoms with Crippen LogP contribution in [0.3, 0.4) is 0 Å². The second-order valence-corrected chi connectivity index (χ2v) is 6.44. The summed E-state index contributed by atoms with van der Waals surface area (Å²) in [7, 11) is 0. The predicted molar refractivity (Wildman–Crippen MR) is 102 cm³/mol. The topological polar surface area (TPSA) is 119 Å². The van der Waals surface area contributed by atoms with Gasteiger partial charge in [-0.3, -0.25) is 14.3 Å². The lowest BCUT2D eigenvalue weighted by molar-refractivity contribution is -0.137. The molecule has 0 bridgehead atoms. The molecule has 4 aromatic rings. The van der Waals surface area contributed by atoms with E-state index in [0.717, 1.165) is 6.07 Å². The Balaban J connectivity index is 1.55. The van der Waals surface area contributed by atoms with Gasteiger partial charge in [0, 0.05) is 17.4 Å². The van der Waals surface area contributed by atoms with Crippen molar-refractivity contribution in [2.24, 2.45) is 0 Å². The number of amides is 1. The van der Waals surface area contributed by atoms with Gasteiger partial charge < -0.3 is 5.32 Å². The van der Waals surface area contributed by atoms with Crippen molar-refractivity contribution in [3.05, 3.63) is 76.2 Å². The van der Waals surface area contributed by atoms with E-state index in [4.69, 9.17) is 0 Å². The van der Waals surface area contributed by atoms with E-state index >= 15 is 0 Å². The number of hydrogen-bond acceptors (Lipinski definition) is 6. The predicted octanol–water partition coefficient (Wildman–Crippen LogP) is 3.19. The van der Waals surface area contributed by atoms with Crippen molar-refractivity contribution in [2.75, 3.05) is 5.32 Å². The normalized spacial score (nSPS) is 11.5. The van der Waals surface area contributed by atoms with Crippen molar-refractivity contribution in [3.8, 4) is 17.2 Å². The first-order valence-corrected chi connectivity index (χ1v) is 8.78. The van der Waals surface area contributed by atoms with Crippen LogP contribution < -0.4 is 11.1 Å². The van der Waals surface area contributed by atoms with E-state index in [9.17, 15) is 22.8 Å². The Morgan fingerprint density at radius 2 is 2.00 bits per heavy atom. The molecule has 0 spiro atoms. The molecule has 3 aromatic heterocycles. The van der Waals surface area contributed by atoms with Crippen LogP contribution in [-0.4, -0.2) is 30.8 Å². The van der Waals surface area contributed by atoms with Crippen LogP contribution in [0.25, 0.3) is 17.2 Å². The molecular weight excluding hydrogens is 417 g/mol. The van der Waals surface area contributed by atoms with Crippen LogP contribution >= 0.6 is 0 Å². The smallest absolute Gasteiger partial charge is 0.322 e. The summed E-state index contributed by atoms with van der Waals surface area (Å²) in [6, 6.07) is 8.61. The molecule has 0 aliphatic rings. The number of carbonyl (C=O) groups is 1.